The number of amides is 1. The Bertz CT molecular complexity index is 732. The van der Waals surface area contributed by atoms with Crippen LogP contribution in [0.4, 0.5) is 0 Å². The lowest BCUT2D eigenvalue weighted by Crippen LogP contribution is -2.43. The highest BCUT2D eigenvalue weighted by Gasteiger charge is 2.28. The van der Waals surface area contributed by atoms with Gasteiger partial charge in [-0.15, -0.1) is 11.8 Å². The number of ether oxygens (including phenoxy) is 1. The van der Waals surface area contributed by atoms with E-state index in [4.69, 9.17) is 9.26 Å². The molecule has 1 fully saturated rings. The summed E-state index contributed by atoms with van der Waals surface area (Å²) >= 11 is 1.58. The van der Waals surface area contributed by atoms with Gasteiger partial charge in [0.05, 0.1) is 18.9 Å². The van der Waals surface area contributed by atoms with Crippen LogP contribution in [0.25, 0.3) is 0 Å². The van der Waals surface area contributed by atoms with Crippen molar-refractivity contribution in [1.29, 1.82) is 0 Å². The highest BCUT2D eigenvalue weighted by molar-refractivity contribution is 8.00. The van der Waals surface area contributed by atoms with E-state index in [1.165, 1.54) is 11.1 Å². The van der Waals surface area contributed by atoms with Crippen LogP contribution in [0.15, 0.2) is 27.6 Å². The van der Waals surface area contributed by atoms with Gasteiger partial charge in [-0.25, -0.2) is 0 Å². The standard InChI is InChI=1S/C17H21N3O3S/c1-11-4-5-12(2)15(8-11)24-10-16(21)20-6-7-22-14(9-20)17-18-13(3)23-19-17/h4-5,8,14H,6-7,9-10H2,1-3H3. The Kier molecular flexibility index (Phi) is 5.20. The van der Waals surface area contributed by atoms with Crippen LogP contribution in [0.3, 0.4) is 0 Å². The van der Waals surface area contributed by atoms with Crippen molar-refractivity contribution in [3.05, 3.63) is 41.0 Å². The molecular weight excluding hydrogens is 326 g/mol. The zero-order valence-electron chi connectivity index (χ0n) is 14.1. The lowest BCUT2D eigenvalue weighted by atomic mass is 10.2. The Morgan fingerprint density at radius 1 is 1.38 bits per heavy atom. The quantitative estimate of drug-likeness (QED) is 0.792. The molecule has 6 nitrogen and oxygen atoms in total. The van der Waals surface area contributed by atoms with Gasteiger partial charge < -0.3 is 14.2 Å². The predicted molar refractivity (Wildman–Crippen MR) is 90.9 cm³/mol. The topological polar surface area (TPSA) is 68.5 Å². The number of hydrogen-bond donors (Lipinski definition) is 0. The van der Waals surface area contributed by atoms with Crippen molar-refractivity contribution in [3.8, 4) is 0 Å². The van der Waals surface area contributed by atoms with Crippen LogP contribution < -0.4 is 0 Å². The number of hydrogen-bond acceptors (Lipinski definition) is 6. The number of benzene rings is 1. The van der Waals surface area contributed by atoms with E-state index in [2.05, 4.69) is 42.2 Å². The summed E-state index contributed by atoms with van der Waals surface area (Å²) in [7, 11) is 0. The summed E-state index contributed by atoms with van der Waals surface area (Å²) < 4.78 is 10.7. The molecule has 1 saturated heterocycles. The van der Waals surface area contributed by atoms with Crippen molar-refractivity contribution in [2.75, 3.05) is 25.4 Å². The Hall–Kier alpha value is -1.86. The van der Waals surface area contributed by atoms with Crippen molar-refractivity contribution in [2.45, 2.75) is 31.8 Å². The predicted octanol–water partition coefficient (Wildman–Crippen LogP) is 2.69. The molecule has 1 aliphatic rings. The van der Waals surface area contributed by atoms with Crippen molar-refractivity contribution in [2.24, 2.45) is 0 Å². The average Bonchev–Trinajstić information content (AvgIpc) is 3.02. The molecule has 7 heteroatoms. The smallest absolute Gasteiger partial charge is 0.233 e. The van der Waals surface area contributed by atoms with Gasteiger partial charge in [0.15, 0.2) is 0 Å². The number of thioether (sulfide) groups is 1. The first-order valence-electron chi connectivity index (χ1n) is 7.92. The molecule has 0 radical (unpaired) electrons. The average molecular weight is 347 g/mol. The lowest BCUT2D eigenvalue weighted by Gasteiger charge is -2.31. The number of rotatable bonds is 4. The van der Waals surface area contributed by atoms with Crippen LogP contribution in [-0.4, -0.2) is 46.4 Å². The fraction of sp³-hybridized carbons (Fsp3) is 0.471. The molecule has 0 bridgehead atoms. The van der Waals surface area contributed by atoms with E-state index >= 15 is 0 Å². The van der Waals surface area contributed by atoms with Gasteiger partial charge in [0, 0.05) is 18.4 Å². The molecular formula is C17H21N3O3S. The van der Waals surface area contributed by atoms with E-state index in [0.29, 0.717) is 37.2 Å². The van der Waals surface area contributed by atoms with Gasteiger partial charge in [-0.05, 0) is 25.5 Å². The summed E-state index contributed by atoms with van der Waals surface area (Å²) in [6, 6.07) is 6.30. The van der Waals surface area contributed by atoms with Gasteiger partial charge in [-0.3, -0.25) is 4.79 Å². The Labute approximate surface area is 145 Å². The number of aromatic nitrogens is 2. The van der Waals surface area contributed by atoms with E-state index in [9.17, 15) is 4.79 Å². The fourth-order valence-corrected chi connectivity index (χ4v) is 3.60. The third kappa shape index (κ3) is 3.96. The molecule has 1 aliphatic heterocycles. The van der Waals surface area contributed by atoms with Crippen LogP contribution in [0.5, 0.6) is 0 Å². The summed E-state index contributed by atoms with van der Waals surface area (Å²) in [4.78, 5) is 19.7. The van der Waals surface area contributed by atoms with Crippen LogP contribution in [0.1, 0.15) is 28.9 Å². The normalized spacial score (nSPS) is 18.0. The number of carbonyl (C=O) groups is 1. The van der Waals surface area contributed by atoms with Crippen LogP contribution >= 0.6 is 11.8 Å². The van der Waals surface area contributed by atoms with Crippen LogP contribution in [-0.2, 0) is 9.53 Å². The van der Waals surface area contributed by atoms with Gasteiger partial charge in [0.25, 0.3) is 0 Å². The monoisotopic (exact) mass is 347 g/mol. The number of carbonyl (C=O) groups excluding carboxylic acids is 1. The van der Waals surface area contributed by atoms with E-state index < -0.39 is 0 Å². The highest BCUT2D eigenvalue weighted by atomic mass is 32.2. The Morgan fingerprint density at radius 3 is 2.96 bits per heavy atom. The second-order valence-electron chi connectivity index (χ2n) is 5.93. The first kappa shape index (κ1) is 17.0. The van der Waals surface area contributed by atoms with Crippen LogP contribution in [0, 0.1) is 20.8 Å². The van der Waals surface area contributed by atoms with Crippen molar-refractivity contribution >= 4 is 17.7 Å². The minimum Gasteiger partial charge on any atom is -0.366 e. The van der Waals surface area contributed by atoms with Crippen molar-refractivity contribution in [3.63, 3.8) is 0 Å². The summed E-state index contributed by atoms with van der Waals surface area (Å²) in [5.41, 5.74) is 2.40. The van der Waals surface area contributed by atoms with E-state index in [1.54, 1.807) is 18.7 Å². The Morgan fingerprint density at radius 2 is 2.21 bits per heavy atom. The van der Waals surface area contributed by atoms with E-state index in [-0.39, 0.29) is 12.0 Å². The fourth-order valence-electron chi connectivity index (χ4n) is 2.57. The third-order valence-electron chi connectivity index (χ3n) is 3.95. The first-order chi connectivity index (χ1) is 11.5. The highest BCUT2D eigenvalue weighted by Crippen LogP contribution is 2.25. The van der Waals surface area contributed by atoms with Gasteiger partial charge in [-0.1, -0.05) is 22.9 Å². The van der Waals surface area contributed by atoms with Gasteiger partial charge in [0.1, 0.15) is 6.10 Å². The van der Waals surface area contributed by atoms with Gasteiger partial charge in [-0.2, -0.15) is 4.98 Å². The van der Waals surface area contributed by atoms with Gasteiger partial charge >= 0.3 is 0 Å². The largest absolute Gasteiger partial charge is 0.366 e. The molecule has 24 heavy (non-hydrogen) atoms. The maximum atomic E-state index is 12.5. The molecule has 2 aromatic rings. The third-order valence-corrected chi connectivity index (χ3v) is 5.09. The second kappa shape index (κ2) is 7.36. The zero-order chi connectivity index (χ0) is 17.1. The van der Waals surface area contributed by atoms with E-state index in [0.717, 1.165) is 4.90 Å². The summed E-state index contributed by atoms with van der Waals surface area (Å²) in [5, 5.41) is 3.89. The number of nitrogens with zero attached hydrogens (tertiary/aromatic N) is 3. The molecule has 2 heterocycles. The van der Waals surface area contributed by atoms with Crippen molar-refractivity contribution < 1.29 is 14.1 Å². The maximum absolute atomic E-state index is 12.5. The molecule has 1 amide bonds. The molecule has 0 spiro atoms. The molecule has 1 unspecified atom stereocenters. The molecule has 1 aromatic carbocycles. The molecule has 0 N–H and O–H groups in total. The molecule has 0 aliphatic carbocycles. The molecule has 1 aromatic heterocycles. The molecule has 3 rings (SSSR count). The number of aryl methyl sites for hydroxylation is 3. The summed E-state index contributed by atoms with van der Waals surface area (Å²) in [6.45, 7) is 7.41. The van der Waals surface area contributed by atoms with E-state index in [1.807, 2.05) is 4.90 Å². The Balaban J connectivity index is 1.59. The SMILES string of the molecule is Cc1ccc(C)c(SCC(=O)N2CCOC(c3noc(C)n3)C2)c1. The second-order valence-corrected chi connectivity index (χ2v) is 6.95. The van der Waals surface area contributed by atoms with Gasteiger partial charge in [0.2, 0.25) is 17.6 Å². The summed E-state index contributed by atoms with van der Waals surface area (Å²) in [5.74, 6) is 1.53. The van der Waals surface area contributed by atoms with Crippen LogP contribution in [0.2, 0.25) is 0 Å². The molecule has 128 valence electrons. The minimum atomic E-state index is -0.314. The summed E-state index contributed by atoms with van der Waals surface area (Å²) in [6.07, 6.45) is -0.314. The maximum Gasteiger partial charge on any atom is 0.233 e. The minimum absolute atomic E-state index is 0.106. The number of morpholine rings is 1. The molecule has 0 saturated carbocycles. The zero-order valence-corrected chi connectivity index (χ0v) is 14.9. The molecule has 1 atom stereocenters. The first-order valence-corrected chi connectivity index (χ1v) is 8.91. The lowest BCUT2D eigenvalue weighted by molar-refractivity contribution is -0.136. The van der Waals surface area contributed by atoms with Crippen molar-refractivity contribution in [1.82, 2.24) is 15.0 Å².